The maximum Gasteiger partial charge on any atom is 0.0862 e. The second-order valence-corrected chi connectivity index (χ2v) is 3.52. The van der Waals surface area contributed by atoms with Gasteiger partial charge in [-0.25, -0.2) is 5.11 Å². The van der Waals surface area contributed by atoms with Crippen LogP contribution in [0.4, 0.5) is 0 Å². The molecule has 1 radical (unpaired) electrons. The van der Waals surface area contributed by atoms with Crippen molar-refractivity contribution in [2.75, 3.05) is 6.61 Å². The number of hydrogen-bond acceptors (Lipinski definition) is 0. The van der Waals surface area contributed by atoms with Crippen LogP contribution in [0.15, 0.2) is 54.6 Å². The van der Waals surface area contributed by atoms with E-state index in [9.17, 15) is 5.11 Å². The van der Waals surface area contributed by atoms with Crippen molar-refractivity contribution in [2.24, 2.45) is 0 Å². The molecule has 0 aliphatic rings. The summed E-state index contributed by atoms with van der Waals surface area (Å²) in [5, 5.41) is 10.5. The molecule has 0 amide bonds. The summed E-state index contributed by atoms with van der Waals surface area (Å²) in [6.45, 7) is -0.0370. The Morgan fingerprint density at radius 2 is 1.33 bits per heavy atom. The van der Waals surface area contributed by atoms with Gasteiger partial charge in [-0.3, -0.25) is 0 Å². The molecule has 0 heterocycles. The average Bonchev–Trinajstić information content (AvgIpc) is 2.32. The van der Waals surface area contributed by atoms with Crippen molar-refractivity contribution in [3.63, 3.8) is 0 Å². The van der Waals surface area contributed by atoms with Gasteiger partial charge < -0.3 is 0 Å². The van der Waals surface area contributed by atoms with Gasteiger partial charge in [0.25, 0.3) is 0 Å². The highest BCUT2D eigenvalue weighted by atomic mass is 16.2. The summed E-state index contributed by atoms with van der Waals surface area (Å²) in [6.07, 6.45) is 0.620. The molecular weight excluding hydrogens is 184 g/mol. The van der Waals surface area contributed by atoms with Gasteiger partial charge >= 0.3 is 0 Å². The fourth-order valence-electron chi connectivity index (χ4n) is 1.61. The van der Waals surface area contributed by atoms with Crippen molar-refractivity contribution in [3.8, 4) is 11.1 Å². The predicted octanol–water partition coefficient (Wildman–Crippen LogP) is 3.33. The van der Waals surface area contributed by atoms with Crippen molar-refractivity contribution in [1.29, 1.82) is 0 Å². The number of benzene rings is 2. The maximum atomic E-state index is 10.5. The lowest BCUT2D eigenvalue weighted by Crippen LogP contribution is -1.88. The monoisotopic (exact) mass is 197 g/mol. The van der Waals surface area contributed by atoms with E-state index in [4.69, 9.17) is 0 Å². The molecule has 0 unspecified atom stereocenters. The molecule has 2 rings (SSSR count). The molecule has 15 heavy (non-hydrogen) atoms. The van der Waals surface area contributed by atoms with Gasteiger partial charge in [-0.05, 0) is 23.1 Å². The molecule has 0 aliphatic carbocycles. The van der Waals surface area contributed by atoms with Crippen LogP contribution in [0.25, 0.3) is 11.1 Å². The Hall–Kier alpha value is -1.60. The van der Waals surface area contributed by atoms with Gasteiger partial charge in [0.05, 0.1) is 6.61 Å². The third-order valence-electron chi connectivity index (χ3n) is 2.45. The molecule has 0 fully saturated rings. The van der Waals surface area contributed by atoms with E-state index < -0.39 is 0 Å². The largest absolute Gasteiger partial charge is 0.236 e. The van der Waals surface area contributed by atoms with Crippen LogP contribution in [0.5, 0.6) is 0 Å². The van der Waals surface area contributed by atoms with Gasteiger partial charge in [0.1, 0.15) is 0 Å². The summed E-state index contributed by atoms with van der Waals surface area (Å²) in [6, 6.07) is 18.4. The van der Waals surface area contributed by atoms with Crippen LogP contribution in [0.2, 0.25) is 0 Å². The van der Waals surface area contributed by atoms with Crippen molar-refractivity contribution in [3.05, 3.63) is 60.2 Å². The molecule has 0 bridgehead atoms. The number of rotatable bonds is 3. The zero-order valence-corrected chi connectivity index (χ0v) is 8.52. The van der Waals surface area contributed by atoms with E-state index in [-0.39, 0.29) is 6.61 Å². The molecule has 1 nitrogen and oxygen atoms in total. The lowest BCUT2D eigenvalue weighted by Gasteiger charge is -2.02. The van der Waals surface area contributed by atoms with E-state index in [0.29, 0.717) is 6.42 Å². The Balaban J connectivity index is 2.24. The van der Waals surface area contributed by atoms with E-state index in [1.165, 1.54) is 11.1 Å². The van der Waals surface area contributed by atoms with Crippen LogP contribution >= 0.6 is 0 Å². The first-order chi connectivity index (χ1) is 7.40. The van der Waals surface area contributed by atoms with Gasteiger partial charge in [0.15, 0.2) is 0 Å². The third kappa shape index (κ3) is 2.45. The lowest BCUT2D eigenvalue weighted by molar-refractivity contribution is 0.197. The molecule has 0 spiro atoms. The van der Waals surface area contributed by atoms with E-state index in [1.54, 1.807) is 0 Å². The summed E-state index contributed by atoms with van der Waals surface area (Å²) in [4.78, 5) is 0. The van der Waals surface area contributed by atoms with Crippen LogP contribution in [0.3, 0.4) is 0 Å². The van der Waals surface area contributed by atoms with Crippen LogP contribution in [0, 0.1) is 0 Å². The average molecular weight is 197 g/mol. The standard InChI is InChI=1S/C14H13O/c15-11-10-12-6-8-14(9-7-12)13-4-2-1-3-5-13/h1-9H,10-11H2. The Labute approximate surface area is 90.0 Å². The molecule has 0 saturated carbocycles. The highest BCUT2D eigenvalue weighted by molar-refractivity contribution is 5.63. The number of hydrogen-bond donors (Lipinski definition) is 0. The Morgan fingerprint density at radius 3 is 1.93 bits per heavy atom. The Kier molecular flexibility index (Phi) is 3.15. The fraction of sp³-hybridized carbons (Fsp3) is 0.143. The molecule has 0 aliphatic heterocycles. The van der Waals surface area contributed by atoms with Crippen molar-refractivity contribution in [1.82, 2.24) is 0 Å². The van der Waals surface area contributed by atoms with Crippen LogP contribution in [-0.4, -0.2) is 6.61 Å². The first kappa shape index (κ1) is 9.94. The fourth-order valence-corrected chi connectivity index (χ4v) is 1.61. The molecule has 75 valence electrons. The van der Waals surface area contributed by atoms with Gasteiger partial charge in [0.2, 0.25) is 0 Å². The molecule has 0 atom stereocenters. The topological polar surface area (TPSA) is 19.9 Å². The van der Waals surface area contributed by atoms with Gasteiger partial charge in [0, 0.05) is 0 Å². The normalized spacial score (nSPS) is 10.2. The van der Waals surface area contributed by atoms with Gasteiger partial charge in [-0.1, -0.05) is 54.6 Å². The summed E-state index contributed by atoms with van der Waals surface area (Å²) in [5.41, 5.74) is 3.53. The van der Waals surface area contributed by atoms with E-state index in [1.807, 2.05) is 30.3 Å². The first-order valence-electron chi connectivity index (χ1n) is 5.12. The van der Waals surface area contributed by atoms with Crippen LogP contribution in [-0.2, 0) is 11.5 Å². The molecule has 2 aromatic carbocycles. The van der Waals surface area contributed by atoms with Crippen molar-refractivity contribution >= 4 is 0 Å². The minimum absolute atomic E-state index is 0.0370. The first-order valence-corrected chi connectivity index (χ1v) is 5.12. The smallest absolute Gasteiger partial charge is 0.0862 e. The predicted molar refractivity (Wildman–Crippen MR) is 61.1 cm³/mol. The SMILES string of the molecule is [O]CCc1ccc(-c2ccccc2)cc1. The van der Waals surface area contributed by atoms with Crippen LogP contribution < -0.4 is 0 Å². The third-order valence-corrected chi connectivity index (χ3v) is 2.45. The highest BCUT2D eigenvalue weighted by Gasteiger charge is 1.96. The molecule has 2 aromatic rings. The highest BCUT2D eigenvalue weighted by Crippen LogP contribution is 2.19. The van der Waals surface area contributed by atoms with E-state index in [0.717, 1.165) is 5.56 Å². The quantitative estimate of drug-likeness (QED) is 0.719. The second-order valence-electron chi connectivity index (χ2n) is 3.52. The summed E-state index contributed by atoms with van der Waals surface area (Å²) >= 11 is 0. The molecule has 0 N–H and O–H groups in total. The molecule has 0 aromatic heterocycles. The minimum atomic E-state index is -0.0370. The van der Waals surface area contributed by atoms with Crippen molar-refractivity contribution in [2.45, 2.75) is 6.42 Å². The zero-order valence-electron chi connectivity index (χ0n) is 8.52. The van der Waals surface area contributed by atoms with Gasteiger partial charge in [-0.15, -0.1) is 0 Å². The molecule has 1 heteroatoms. The van der Waals surface area contributed by atoms with Gasteiger partial charge in [-0.2, -0.15) is 0 Å². The van der Waals surface area contributed by atoms with E-state index in [2.05, 4.69) is 24.3 Å². The molecular formula is C14H13O. The minimum Gasteiger partial charge on any atom is -0.236 e. The molecule has 0 saturated heterocycles. The second kappa shape index (κ2) is 4.76. The Morgan fingerprint density at radius 1 is 0.733 bits per heavy atom. The summed E-state index contributed by atoms with van der Waals surface area (Å²) in [5.74, 6) is 0. The zero-order chi connectivity index (χ0) is 10.5. The summed E-state index contributed by atoms with van der Waals surface area (Å²) < 4.78 is 0. The van der Waals surface area contributed by atoms with Crippen LogP contribution in [0.1, 0.15) is 5.56 Å². The maximum absolute atomic E-state index is 10.5. The lowest BCUT2D eigenvalue weighted by atomic mass is 10.0. The summed E-state index contributed by atoms with van der Waals surface area (Å²) in [7, 11) is 0. The van der Waals surface area contributed by atoms with E-state index >= 15 is 0 Å². The Bertz CT molecular complexity index is 403. The van der Waals surface area contributed by atoms with Crippen molar-refractivity contribution < 1.29 is 5.11 Å².